The zero-order valence-corrected chi connectivity index (χ0v) is 41.3. The van der Waals surface area contributed by atoms with Gasteiger partial charge in [-0.25, -0.2) is 0 Å². The maximum atomic E-state index is 14.3. The Morgan fingerprint density at radius 2 is 0.635 bits per heavy atom. The molecule has 3 saturated carbocycles. The predicted molar refractivity (Wildman–Crippen MR) is 252 cm³/mol. The lowest BCUT2D eigenvalue weighted by Gasteiger charge is -2.50. The molecule has 6 fully saturated rings. The molecule has 3 aliphatic heterocycles. The minimum atomic E-state index is -0.736. The van der Waals surface area contributed by atoms with Crippen molar-refractivity contribution in [2.75, 3.05) is 54.3 Å². The van der Waals surface area contributed by atoms with Crippen LogP contribution >= 0.6 is 0 Å². The van der Waals surface area contributed by atoms with E-state index in [-0.39, 0.29) is 52.5 Å². The SMILES string of the molecule is CC1(C)CN(CN(c2nc(N(CN3CC(C)(C)NC(C)(C)C3=O)C3CCCCC3)nc(N(CN3CC(C)(C)NC(C)(C)C3=O)C3CCCCC3)n2)C2CCCCC2)C(=O)C(C)(C)N1. The van der Waals surface area contributed by atoms with Crippen LogP contribution in [-0.2, 0) is 14.4 Å². The lowest BCUT2D eigenvalue weighted by Crippen LogP contribution is -2.71. The van der Waals surface area contributed by atoms with E-state index in [0.717, 1.165) is 77.0 Å². The zero-order valence-electron chi connectivity index (χ0n) is 41.3. The van der Waals surface area contributed by atoms with Crippen LogP contribution in [0.4, 0.5) is 17.8 Å². The highest BCUT2D eigenvalue weighted by Gasteiger charge is 2.48. The van der Waals surface area contributed by atoms with Gasteiger partial charge in [0.05, 0.1) is 36.6 Å². The summed E-state index contributed by atoms with van der Waals surface area (Å²) in [5.41, 5.74) is -3.10. The smallest absolute Gasteiger partial charge is 0.243 e. The van der Waals surface area contributed by atoms with Crippen molar-refractivity contribution in [3.63, 3.8) is 0 Å². The number of carbonyl (C=O) groups is 3. The Morgan fingerprint density at radius 1 is 0.413 bits per heavy atom. The molecular weight excluding hydrogens is 793 g/mol. The molecule has 15 heteroatoms. The fraction of sp³-hybridized carbons (Fsp3) is 0.875. The molecule has 3 aliphatic carbocycles. The van der Waals surface area contributed by atoms with Gasteiger partial charge in [0, 0.05) is 54.4 Å². The number of aromatic nitrogens is 3. The number of nitrogens with zero attached hydrogens (tertiary/aromatic N) is 9. The van der Waals surface area contributed by atoms with Gasteiger partial charge in [0.2, 0.25) is 35.6 Å². The van der Waals surface area contributed by atoms with Gasteiger partial charge in [0.1, 0.15) is 0 Å². The molecule has 3 N–H and O–H groups in total. The molecule has 7 rings (SSSR count). The second kappa shape index (κ2) is 17.8. The zero-order chi connectivity index (χ0) is 45.8. The summed E-state index contributed by atoms with van der Waals surface area (Å²) in [6, 6.07) is 0.402. The third kappa shape index (κ3) is 10.9. The molecule has 0 spiro atoms. The Labute approximate surface area is 379 Å². The largest absolute Gasteiger partial charge is 0.321 e. The lowest BCUT2D eigenvalue weighted by molar-refractivity contribution is -0.144. The van der Waals surface area contributed by atoms with Crippen LogP contribution in [0.25, 0.3) is 0 Å². The second-order valence-corrected chi connectivity index (χ2v) is 23.9. The minimum absolute atomic E-state index is 0.0645. The average Bonchev–Trinajstić information content (AvgIpc) is 3.19. The first-order chi connectivity index (χ1) is 29.4. The van der Waals surface area contributed by atoms with E-state index in [1.54, 1.807) is 0 Å². The summed E-state index contributed by atoms with van der Waals surface area (Å²) in [7, 11) is 0. The first-order valence-corrected chi connectivity index (χ1v) is 24.7. The van der Waals surface area contributed by atoms with E-state index >= 15 is 0 Å². The number of hydrogen-bond donors (Lipinski definition) is 3. The summed E-state index contributed by atoms with van der Waals surface area (Å²) in [5.74, 6) is 1.92. The van der Waals surface area contributed by atoms with E-state index < -0.39 is 16.6 Å². The van der Waals surface area contributed by atoms with Gasteiger partial charge in [0.25, 0.3) is 0 Å². The van der Waals surface area contributed by atoms with Crippen LogP contribution in [0.1, 0.15) is 179 Å². The molecule has 0 radical (unpaired) electrons. The molecule has 0 atom stereocenters. The van der Waals surface area contributed by atoms with Crippen molar-refractivity contribution in [2.24, 2.45) is 0 Å². The number of rotatable bonds is 12. The van der Waals surface area contributed by atoms with Gasteiger partial charge in [-0.1, -0.05) is 57.8 Å². The Bertz CT molecular complexity index is 1590. The van der Waals surface area contributed by atoms with Crippen LogP contribution in [-0.4, -0.2) is 138 Å². The first-order valence-electron chi connectivity index (χ1n) is 24.7. The number of anilines is 3. The molecule has 4 heterocycles. The summed E-state index contributed by atoms with van der Waals surface area (Å²) in [6.07, 6.45) is 16.1. The van der Waals surface area contributed by atoms with E-state index in [2.05, 4.69) is 72.2 Å². The van der Waals surface area contributed by atoms with Gasteiger partial charge in [0.15, 0.2) is 0 Å². The Morgan fingerprint density at radius 3 is 0.857 bits per heavy atom. The van der Waals surface area contributed by atoms with Crippen molar-refractivity contribution < 1.29 is 14.4 Å². The maximum Gasteiger partial charge on any atom is 0.243 e. The fourth-order valence-electron chi connectivity index (χ4n) is 12.5. The van der Waals surface area contributed by atoms with Crippen molar-refractivity contribution in [3.05, 3.63) is 0 Å². The molecular formula is C48H84N12O3. The molecule has 15 nitrogen and oxygen atoms in total. The maximum absolute atomic E-state index is 14.3. The minimum Gasteiger partial charge on any atom is -0.321 e. The van der Waals surface area contributed by atoms with Crippen molar-refractivity contribution in [1.82, 2.24) is 45.6 Å². The van der Waals surface area contributed by atoms with Gasteiger partial charge in [-0.3, -0.25) is 30.3 Å². The fourth-order valence-corrected chi connectivity index (χ4v) is 12.5. The monoisotopic (exact) mass is 877 g/mol. The highest BCUT2D eigenvalue weighted by atomic mass is 16.2. The number of carbonyl (C=O) groups excluding carboxylic acids is 3. The van der Waals surface area contributed by atoms with Crippen molar-refractivity contribution in [1.29, 1.82) is 0 Å². The van der Waals surface area contributed by atoms with E-state index in [0.29, 0.717) is 57.5 Å². The Hall–Kier alpha value is -3.30. The molecule has 3 saturated heterocycles. The Balaban J connectivity index is 1.40. The quantitative estimate of drug-likeness (QED) is 0.222. The molecule has 0 bridgehead atoms. The van der Waals surface area contributed by atoms with Crippen LogP contribution < -0.4 is 30.7 Å². The number of nitrogens with one attached hydrogen (secondary N) is 3. The highest BCUT2D eigenvalue weighted by Crippen LogP contribution is 2.36. The third-order valence-electron chi connectivity index (χ3n) is 14.6. The normalized spacial score (nSPS) is 26.5. The molecule has 0 unspecified atom stereocenters. The van der Waals surface area contributed by atoms with Crippen molar-refractivity contribution in [3.8, 4) is 0 Å². The lowest BCUT2D eigenvalue weighted by atomic mass is 9.90. The molecule has 0 aromatic carbocycles. The summed E-state index contributed by atoms with van der Waals surface area (Å²) in [6.45, 7) is 27.7. The standard InChI is InChI=1S/C48H84N12O3/c1-43(2)28-55(37(61)46(7,8)52-43)31-58(34-22-16-13-17-23-34)40-49-41(59(35-24-18-14-19-25-35)32-56-29-44(3,4)53-47(9,10)38(56)62)51-42(50-40)60(36-26-20-15-21-27-36)33-57-30-45(5,6)54-48(11,12)39(57)63/h34-36,52-54H,13-33H2,1-12H3. The van der Waals surface area contributed by atoms with E-state index in [9.17, 15) is 14.4 Å². The summed E-state index contributed by atoms with van der Waals surface area (Å²) in [5, 5.41) is 10.8. The number of hydrogen-bond acceptors (Lipinski definition) is 12. The van der Waals surface area contributed by atoms with Gasteiger partial charge >= 0.3 is 0 Å². The second-order valence-electron chi connectivity index (χ2n) is 23.9. The predicted octanol–water partition coefficient (Wildman–Crippen LogP) is 6.13. The van der Waals surface area contributed by atoms with Crippen LogP contribution in [0.15, 0.2) is 0 Å². The van der Waals surface area contributed by atoms with Gasteiger partial charge in [-0.05, 0) is 122 Å². The molecule has 1 aromatic heterocycles. The summed E-state index contributed by atoms with van der Waals surface area (Å²) in [4.78, 5) is 72.7. The molecule has 6 aliphatic rings. The van der Waals surface area contributed by atoms with Crippen molar-refractivity contribution >= 4 is 35.6 Å². The molecule has 3 amide bonds. The summed E-state index contributed by atoms with van der Waals surface area (Å²) >= 11 is 0. The van der Waals surface area contributed by atoms with Crippen LogP contribution in [0.3, 0.4) is 0 Å². The van der Waals surface area contributed by atoms with Gasteiger partial charge in [-0.2, -0.15) is 15.0 Å². The first kappa shape index (κ1) is 47.7. The number of amides is 3. The van der Waals surface area contributed by atoms with Crippen LogP contribution in [0.5, 0.6) is 0 Å². The highest BCUT2D eigenvalue weighted by molar-refractivity contribution is 5.88. The van der Waals surface area contributed by atoms with Crippen molar-refractivity contribution in [2.45, 2.75) is 231 Å². The topological polar surface area (TPSA) is 145 Å². The van der Waals surface area contributed by atoms with Gasteiger partial charge in [-0.15, -0.1) is 0 Å². The van der Waals surface area contributed by atoms with Crippen LogP contribution in [0, 0.1) is 0 Å². The number of piperazine rings is 3. The van der Waals surface area contributed by atoms with Gasteiger partial charge < -0.3 is 29.4 Å². The summed E-state index contributed by atoms with van der Waals surface area (Å²) < 4.78 is 0. The molecule has 1 aromatic rings. The average molecular weight is 877 g/mol. The van der Waals surface area contributed by atoms with E-state index in [4.69, 9.17) is 15.0 Å². The molecule has 63 heavy (non-hydrogen) atoms. The van der Waals surface area contributed by atoms with E-state index in [1.165, 1.54) is 19.3 Å². The van der Waals surface area contributed by atoms with Crippen LogP contribution in [0.2, 0.25) is 0 Å². The Kier molecular flexibility index (Phi) is 13.5. The van der Waals surface area contributed by atoms with E-state index in [1.807, 2.05) is 56.2 Å². The third-order valence-corrected chi connectivity index (χ3v) is 14.6. The molecule has 354 valence electrons.